The van der Waals surface area contributed by atoms with Gasteiger partial charge in [0.2, 0.25) is 0 Å². The molecule has 1 heterocycles. The number of hydrogen-bond donors (Lipinski definition) is 0. The lowest BCUT2D eigenvalue weighted by Gasteiger charge is -2.04. The highest BCUT2D eigenvalue weighted by atomic mass is 19.2. The van der Waals surface area contributed by atoms with E-state index in [4.69, 9.17) is 0 Å². The number of aromatic nitrogens is 2. The van der Waals surface area contributed by atoms with Gasteiger partial charge in [0.1, 0.15) is 0 Å². The Morgan fingerprint density at radius 3 is 2.50 bits per heavy atom. The molecule has 0 spiro atoms. The van der Waals surface area contributed by atoms with E-state index in [0.717, 1.165) is 17.8 Å². The van der Waals surface area contributed by atoms with Crippen molar-refractivity contribution in [2.75, 3.05) is 0 Å². The van der Waals surface area contributed by atoms with Crippen molar-refractivity contribution in [1.82, 2.24) is 9.78 Å². The van der Waals surface area contributed by atoms with Crippen molar-refractivity contribution < 1.29 is 8.78 Å². The molecule has 0 fully saturated rings. The summed E-state index contributed by atoms with van der Waals surface area (Å²) in [4.78, 5) is 0. The molecule has 2 aromatic rings. The Balaban J connectivity index is 2.53. The van der Waals surface area contributed by atoms with E-state index in [-0.39, 0.29) is 0 Å². The molecule has 0 aliphatic carbocycles. The van der Waals surface area contributed by atoms with Crippen LogP contribution in [-0.4, -0.2) is 9.78 Å². The molecule has 0 aliphatic rings. The highest BCUT2D eigenvalue weighted by Gasteiger charge is 2.05. The van der Waals surface area contributed by atoms with Gasteiger partial charge in [0, 0.05) is 18.0 Å². The van der Waals surface area contributed by atoms with E-state index in [0.29, 0.717) is 5.69 Å². The molecule has 0 saturated heterocycles. The minimum Gasteiger partial charge on any atom is -0.238 e. The fourth-order valence-corrected chi connectivity index (χ4v) is 1.26. The smallest absolute Gasteiger partial charge is 0.160 e. The second-order valence-electron chi connectivity index (χ2n) is 2.98. The molecular formula is C10H8F2N2. The molecule has 14 heavy (non-hydrogen) atoms. The summed E-state index contributed by atoms with van der Waals surface area (Å²) in [6, 6.07) is 5.49. The molecule has 0 bridgehead atoms. The number of benzene rings is 1. The van der Waals surface area contributed by atoms with Crippen LogP contribution in [0.25, 0.3) is 5.69 Å². The number of hydrogen-bond acceptors (Lipinski definition) is 1. The number of nitrogens with zero attached hydrogens (tertiary/aromatic N) is 2. The van der Waals surface area contributed by atoms with Crippen LogP contribution in [0.15, 0.2) is 30.5 Å². The largest absolute Gasteiger partial charge is 0.238 e. The molecule has 1 aromatic heterocycles. The molecule has 0 N–H and O–H groups in total. The summed E-state index contributed by atoms with van der Waals surface area (Å²) >= 11 is 0. The van der Waals surface area contributed by atoms with E-state index < -0.39 is 11.6 Å². The van der Waals surface area contributed by atoms with Gasteiger partial charge in [-0.15, -0.1) is 0 Å². The quantitative estimate of drug-likeness (QED) is 0.681. The van der Waals surface area contributed by atoms with Gasteiger partial charge >= 0.3 is 0 Å². The molecule has 0 aliphatic heterocycles. The van der Waals surface area contributed by atoms with E-state index in [9.17, 15) is 8.78 Å². The monoisotopic (exact) mass is 194 g/mol. The zero-order chi connectivity index (χ0) is 10.1. The second kappa shape index (κ2) is 3.21. The van der Waals surface area contributed by atoms with Crippen molar-refractivity contribution in [3.63, 3.8) is 0 Å². The van der Waals surface area contributed by atoms with Crippen LogP contribution >= 0.6 is 0 Å². The van der Waals surface area contributed by atoms with Crippen LogP contribution in [0, 0.1) is 18.6 Å². The van der Waals surface area contributed by atoms with Crippen LogP contribution in [-0.2, 0) is 0 Å². The molecule has 1 aromatic carbocycles. The van der Waals surface area contributed by atoms with Crippen molar-refractivity contribution in [2.45, 2.75) is 6.92 Å². The van der Waals surface area contributed by atoms with Gasteiger partial charge in [-0.3, -0.25) is 0 Å². The summed E-state index contributed by atoms with van der Waals surface area (Å²) in [5.41, 5.74) is 1.39. The Morgan fingerprint density at radius 2 is 1.93 bits per heavy atom. The minimum absolute atomic E-state index is 0.520. The van der Waals surface area contributed by atoms with Gasteiger partial charge < -0.3 is 0 Å². The summed E-state index contributed by atoms with van der Waals surface area (Å²) in [7, 11) is 0. The van der Waals surface area contributed by atoms with Gasteiger partial charge in [-0.1, -0.05) is 0 Å². The van der Waals surface area contributed by atoms with Gasteiger partial charge in [0.05, 0.1) is 5.69 Å². The van der Waals surface area contributed by atoms with Crippen LogP contribution in [0.3, 0.4) is 0 Å². The molecule has 2 rings (SSSR count). The normalized spacial score (nSPS) is 10.5. The average Bonchev–Trinajstić information content (AvgIpc) is 2.57. The minimum atomic E-state index is -0.864. The lowest BCUT2D eigenvalue weighted by molar-refractivity contribution is 0.507. The van der Waals surface area contributed by atoms with Crippen molar-refractivity contribution in [2.24, 2.45) is 0 Å². The molecule has 0 unspecified atom stereocenters. The van der Waals surface area contributed by atoms with E-state index in [1.54, 1.807) is 16.9 Å². The first-order valence-corrected chi connectivity index (χ1v) is 4.14. The summed E-state index contributed by atoms with van der Waals surface area (Å²) in [5, 5.41) is 3.98. The Morgan fingerprint density at radius 1 is 1.14 bits per heavy atom. The predicted molar refractivity (Wildman–Crippen MR) is 48.2 cm³/mol. The van der Waals surface area contributed by atoms with Crippen LogP contribution in [0.4, 0.5) is 8.78 Å². The second-order valence-corrected chi connectivity index (χ2v) is 2.98. The van der Waals surface area contributed by atoms with Crippen LogP contribution < -0.4 is 0 Å². The molecule has 0 saturated carbocycles. The Labute approximate surface area is 79.8 Å². The van der Waals surface area contributed by atoms with E-state index in [1.165, 1.54) is 6.07 Å². The standard InChI is InChI=1S/C10H8F2N2/c1-7-4-5-13-14(7)8-2-3-9(11)10(12)6-8/h2-6H,1H3. The fourth-order valence-electron chi connectivity index (χ4n) is 1.26. The van der Waals surface area contributed by atoms with Crippen molar-refractivity contribution in [1.29, 1.82) is 0 Å². The first-order valence-electron chi connectivity index (χ1n) is 4.14. The van der Waals surface area contributed by atoms with Crippen molar-refractivity contribution in [3.8, 4) is 5.69 Å². The summed E-state index contributed by atoms with van der Waals surface area (Å²) in [6.45, 7) is 1.84. The number of halogens is 2. The van der Waals surface area contributed by atoms with Gasteiger partial charge in [0.15, 0.2) is 11.6 Å². The average molecular weight is 194 g/mol. The Hall–Kier alpha value is -1.71. The van der Waals surface area contributed by atoms with Gasteiger partial charge in [-0.2, -0.15) is 5.10 Å². The third-order valence-electron chi connectivity index (χ3n) is 1.98. The zero-order valence-corrected chi connectivity index (χ0v) is 7.54. The maximum Gasteiger partial charge on any atom is 0.160 e. The first-order chi connectivity index (χ1) is 6.68. The number of rotatable bonds is 1. The lowest BCUT2D eigenvalue weighted by Crippen LogP contribution is -1.99. The van der Waals surface area contributed by atoms with E-state index in [1.807, 2.05) is 6.92 Å². The third kappa shape index (κ3) is 1.39. The Kier molecular flexibility index (Phi) is 2.04. The van der Waals surface area contributed by atoms with Crippen LogP contribution in [0.5, 0.6) is 0 Å². The van der Waals surface area contributed by atoms with Gasteiger partial charge in [-0.25, -0.2) is 13.5 Å². The predicted octanol–water partition coefficient (Wildman–Crippen LogP) is 2.46. The number of aryl methyl sites for hydroxylation is 1. The summed E-state index contributed by atoms with van der Waals surface area (Å²) in [6.07, 6.45) is 1.61. The lowest BCUT2D eigenvalue weighted by atomic mass is 10.3. The van der Waals surface area contributed by atoms with Crippen molar-refractivity contribution in [3.05, 3.63) is 47.8 Å². The summed E-state index contributed by atoms with van der Waals surface area (Å²) < 4.78 is 27.1. The highest BCUT2D eigenvalue weighted by molar-refractivity contribution is 5.33. The maximum absolute atomic E-state index is 12.9. The van der Waals surface area contributed by atoms with Gasteiger partial charge in [0.25, 0.3) is 0 Å². The summed E-state index contributed by atoms with van der Waals surface area (Å²) in [5.74, 6) is -1.71. The molecule has 0 atom stereocenters. The molecule has 2 nitrogen and oxygen atoms in total. The van der Waals surface area contributed by atoms with E-state index >= 15 is 0 Å². The topological polar surface area (TPSA) is 17.8 Å². The molecule has 72 valence electrons. The van der Waals surface area contributed by atoms with Crippen molar-refractivity contribution >= 4 is 0 Å². The molecular weight excluding hydrogens is 186 g/mol. The zero-order valence-electron chi connectivity index (χ0n) is 7.54. The molecule has 4 heteroatoms. The molecule has 0 amide bonds. The van der Waals surface area contributed by atoms with Gasteiger partial charge in [-0.05, 0) is 25.1 Å². The van der Waals surface area contributed by atoms with E-state index in [2.05, 4.69) is 5.10 Å². The van der Waals surface area contributed by atoms with Crippen LogP contribution in [0.2, 0.25) is 0 Å². The first kappa shape index (κ1) is 8.87. The van der Waals surface area contributed by atoms with Crippen LogP contribution in [0.1, 0.15) is 5.69 Å². The Bertz CT molecular complexity index is 463. The fraction of sp³-hybridized carbons (Fsp3) is 0.100. The third-order valence-corrected chi connectivity index (χ3v) is 1.98. The maximum atomic E-state index is 12.9. The molecule has 0 radical (unpaired) electrons. The SMILES string of the molecule is Cc1ccnn1-c1ccc(F)c(F)c1. The highest BCUT2D eigenvalue weighted by Crippen LogP contribution is 2.13.